The van der Waals surface area contributed by atoms with E-state index in [0.717, 1.165) is 35.7 Å². The monoisotopic (exact) mass is 687 g/mol. The van der Waals surface area contributed by atoms with Gasteiger partial charge in [-0.15, -0.1) is 0 Å². The van der Waals surface area contributed by atoms with Gasteiger partial charge in [-0.05, 0) is 37.9 Å². The predicted octanol–water partition coefficient (Wildman–Crippen LogP) is 13.2. The normalized spacial score (nSPS) is 9.69. The number of rotatable bonds is 23. The fourth-order valence-electron chi connectivity index (χ4n) is 4.66. The minimum atomic E-state index is 0.0455. The average molecular weight is 687 g/mol. The maximum atomic E-state index is 12.1. The van der Waals surface area contributed by atoms with Crippen molar-refractivity contribution >= 4 is 5.91 Å². The van der Waals surface area contributed by atoms with Gasteiger partial charge in [0.05, 0.1) is 13.7 Å². The molecular formula is C44H82N2O3. The second-order valence-electron chi connectivity index (χ2n) is 12.0. The molecule has 0 radical (unpaired) electrons. The number of hydrogen-bond acceptors (Lipinski definition) is 4. The highest BCUT2D eigenvalue weighted by Gasteiger charge is 2.07. The zero-order valence-electron chi connectivity index (χ0n) is 34.4. The summed E-state index contributed by atoms with van der Waals surface area (Å²) in [5.41, 5.74) is 3.46. The Morgan fingerprint density at radius 2 is 1.16 bits per heavy atom. The maximum absolute atomic E-state index is 12.1. The van der Waals surface area contributed by atoms with Gasteiger partial charge in [0.2, 0.25) is 5.91 Å². The number of amides is 1. The van der Waals surface area contributed by atoms with Crippen molar-refractivity contribution in [3.05, 3.63) is 59.2 Å². The fourth-order valence-corrected chi connectivity index (χ4v) is 4.66. The average Bonchev–Trinajstić information content (AvgIpc) is 3.14. The van der Waals surface area contributed by atoms with Crippen LogP contribution in [0.25, 0.3) is 0 Å². The largest absolute Gasteiger partial charge is 0.496 e. The summed E-state index contributed by atoms with van der Waals surface area (Å²) in [6, 6.07) is 14.2. The summed E-state index contributed by atoms with van der Waals surface area (Å²) in [4.78, 5) is 12.1. The molecule has 286 valence electrons. The lowest BCUT2D eigenvalue weighted by Crippen LogP contribution is -2.22. The molecule has 2 aromatic rings. The van der Waals surface area contributed by atoms with Crippen LogP contribution < -0.4 is 20.1 Å². The van der Waals surface area contributed by atoms with Gasteiger partial charge in [-0.25, -0.2) is 0 Å². The van der Waals surface area contributed by atoms with Gasteiger partial charge in [0, 0.05) is 31.1 Å². The number of methoxy groups -OCH3 is 1. The zero-order valence-corrected chi connectivity index (χ0v) is 34.4. The Bertz CT molecular complexity index is 924. The Balaban J connectivity index is -0.00000119. The standard InChI is InChI=1S/C29H44N2O3.C6H14.C5H12.2C2H6/c1-4-5-6-7-8-9-10-19-30-23-26-17-18-27(21-28(26)33-3)34-20-11-12-29(32)31-22-25-15-13-24(2)14-16-25;1-3-5-6-4-2;1-3-5-4-2;2*1-2/h13-18,21,30H,4-12,19-20,22-23H2,1-3H3,(H,31,32);3-6H2,1-2H3;3-5H2,1-2H3;2*1-2H3. The molecule has 2 aromatic carbocycles. The molecule has 0 saturated heterocycles. The van der Waals surface area contributed by atoms with Gasteiger partial charge in [-0.3, -0.25) is 4.79 Å². The van der Waals surface area contributed by atoms with Crippen molar-refractivity contribution in [2.45, 2.75) is 185 Å². The second-order valence-corrected chi connectivity index (χ2v) is 12.0. The van der Waals surface area contributed by atoms with E-state index < -0.39 is 0 Å². The molecule has 0 aliphatic heterocycles. The zero-order chi connectivity index (χ0) is 37.4. The van der Waals surface area contributed by atoms with E-state index in [0.29, 0.717) is 26.0 Å². The number of unbranched alkanes of at least 4 members (excludes halogenated alkanes) is 11. The third-order valence-corrected chi connectivity index (χ3v) is 7.62. The van der Waals surface area contributed by atoms with E-state index in [4.69, 9.17) is 9.47 Å². The van der Waals surface area contributed by atoms with Crippen LogP contribution in [0.1, 0.15) is 182 Å². The van der Waals surface area contributed by atoms with Crippen LogP contribution in [-0.2, 0) is 17.9 Å². The van der Waals surface area contributed by atoms with Crippen molar-refractivity contribution in [2.75, 3.05) is 20.3 Å². The third kappa shape index (κ3) is 33.7. The molecule has 0 bridgehead atoms. The molecule has 5 nitrogen and oxygen atoms in total. The Morgan fingerprint density at radius 1 is 0.633 bits per heavy atom. The number of hydrogen-bond donors (Lipinski definition) is 2. The summed E-state index contributed by atoms with van der Waals surface area (Å²) >= 11 is 0. The number of aryl methyl sites for hydroxylation is 1. The van der Waals surface area contributed by atoms with E-state index in [2.05, 4.69) is 70.4 Å². The lowest BCUT2D eigenvalue weighted by atomic mass is 10.1. The van der Waals surface area contributed by atoms with E-state index in [-0.39, 0.29) is 5.91 Å². The Kier molecular flexibility index (Phi) is 43.2. The fraction of sp³-hybridized carbons (Fsp3) is 0.705. The van der Waals surface area contributed by atoms with Crippen molar-refractivity contribution in [3.63, 3.8) is 0 Å². The first kappa shape index (κ1) is 50.8. The maximum Gasteiger partial charge on any atom is 0.220 e. The molecule has 2 N–H and O–H groups in total. The van der Waals surface area contributed by atoms with Gasteiger partial charge in [0.15, 0.2) is 0 Å². The number of ether oxygens (including phenoxy) is 2. The van der Waals surface area contributed by atoms with E-state index in [1.54, 1.807) is 7.11 Å². The molecule has 0 aliphatic rings. The highest BCUT2D eigenvalue weighted by Crippen LogP contribution is 2.25. The van der Waals surface area contributed by atoms with Gasteiger partial charge < -0.3 is 20.1 Å². The molecule has 0 saturated carbocycles. The van der Waals surface area contributed by atoms with Crippen LogP contribution in [0.15, 0.2) is 42.5 Å². The number of carbonyl (C=O) groups excluding carboxylic acids is 1. The van der Waals surface area contributed by atoms with Crippen molar-refractivity contribution in [2.24, 2.45) is 0 Å². The van der Waals surface area contributed by atoms with Crippen LogP contribution in [0.4, 0.5) is 0 Å². The predicted molar refractivity (Wildman–Crippen MR) is 218 cm³/mol. The topological polar surface area (TPSA) is 59.6 Å². The first-order valence-electron chi connectivity index (χ1n) is 20.3. The molecule has 49 heavy (non-hydrogen) atoms. The van der Waals surface area contributed by atoms with Crippen molar-refractivity contribution in [1.82, 2.24) is 10.6 Å². The number of nitrogens with one attached hydrogen (secondary N) is 2. The summed E-state index contributed by atoms with van der Waals surface area (Å²) < 4.78 is 11.4. The van der Waals surface area contributed by atoms with Gasteiger partial charge in [0.25, 0.3) is 0 Å². The minimum Gasteiger partial charge on any atom is -0.496 e. The SMILES string of the molecule is CC.CC.CCCCC.CCCCCC.CCCCCCCCCNCc1ccc(OCCCC(=O)NCc2ccc(C)cc2)cc1OC. The van der Waals surface area contributed by atoms with Gasteiger partial charge >= 0.3 is 0 Å². The van der Waals surface area contributed by atoms with Crippen molar-refractivity contribution < 1.29 is 14.3 Å². The van der Waals surface area contributed by atoms with E-state index in [1.807, 2.05) is 52.0 Å². The molecule has 1 amide bonds. The summed E-state index contributed by atoms with van der Waals surface area (Å²) in [6.07, 6.45) is 20.0. The van der Waals surface area contributed by atoms with Crippen LogP contribution in [0, 0.1) is 6.92 Å². The first-order valence-corrected chi connectivity index (χ1v) is 20.3. The molecule has 0 unspecified atom stereocenters. The molecule has 0 heterocycles. The molecule has 0 aliphatic carbocycles. The van der Waals surface area contributed by atoms with Crippen LogP contribution in [0.3, 0.4) is 0 Å². The molecule has 5 heteroatoms. The number of benzene rings is 2. The third-order valence-electron chi connectivity index (χ3n) is 7.62. The second kappa shape index (κ2) is 41.6. The van der Waals surface area contributed by atoms with Gasteiger partial charge in [0.1, 0.15) is 11.5 Å². The smallest absolute Gasteiger partial charge is 0.220 e. The quantitative estimate of drug-likeness (QED) is 0.114. The van der Waals surface area contributed by atoms with Gasteiger partial charge in [-0.2, -0.15) is 0 Å². The molecular weight excluding hydrogens is 604 g/mol. The highest BCUT2D eigenvalue weighted by atomic mass is 16.5. The lowest BCUT2D eigenvalue weighted by molar-refractivity contribution is -0.121. The molecule has 0 aromatic heterocycles. The summed E-state index contributed by atoms with van der Waals surface area (Å²) in [6.45, 7) is 24.1. The molecule has 0 spiro atoms. The summed E-state index contributed by atoms with van der Waals surface area (Å²) in [7, 11) is 1.69. The van der Waals surface area contributed by atoms with Crippen LogP contribution in [0.5, 0.6) is 11.5 Å². The van der Waals surface area contributed by atoms with Crippen LogP contribution in [0.2, 0.25) is 0 Å². The summed E-state index contributed by atoms with van der Waals surface area (Å²) in [5.74, 6) is 1.65. The number of carbonyl (C=O) groups is 1. The van der Waals surface area contributed by atoms with E-state index >= 15 is 0 Å². The lowest BCUT2D eigenvalue weighted by Gasteiger charge is -2.13. The van der Waals surface area contributed by atoms with Crippen molar-refractivity contribution in [3.8, 4) is 11.5 Å². The first-order chi connectivity index (χ1) is 23.9. The van der Waals surface area contributed by atoms with E-state index in [1.165, 1.54) is 95.5 Å². The Hall–Kier alpha value is -2.53. The van der Waals surface area contributed by atoms with Crippen LogP contribution in [-0.4, -0.2) is 26.2 Å². The van der Waals surface area contributed by atoms with Crippen molar-refractivity contribution in [1.29, 1.82) is 0 Å². The minimum absolute atomic E-state index is 0.0455. The van der Waals surface area contributed by atoms with Crippen LogP contribution >= 0.6 is 0 Å². The van der Waals surface area contributed by atoms with E-state index in [9.17, 15) is 4.79 Å². The molecule has 0 atom stereocenters. The Morgan fingerprint density at radius 3 is 1.69 bits per heavy atom. The summed E-state index contributed by atoms with van der Waals surface area (Å²) in [5, 5.41) is 6.49. The molecule has 2 rings (SSSR count). The Labute approximate surface area is 306 Å². The van der Waals surface area contributed by atoms with Gasteiger partial charge in [-0.1, -0.05) is 182 Å². The highest BCUT2D eigenvalue weighted by molar-refractivity contribution is 5.75. The molecule has 0 fully saturated rings.